The number of rotatable bonds is 5. The van der Waals surface area contributed by atoms with Crippen molar-refractivity contribution in [3.05, 3.63) is 54.1 Å². The summed E-state index contributed by atoms with van der Waals surface area (Å²) in [5, 5.41) is 0. The summed E-state index contributed by atoms with van der Waals surface area (Å²) >= 11 is 0. The van der Waals surface area contributed by atoms with Crippen LogP contribution in [-0.2, 0) is 26.9 Å². The Morgan fingerprint density at radius 3 is 2.50 bits per heavy atom. The number of aromatic nitrogens is 2. The van der Waals surface area contributed by atoms with Crippen molar-refractivity contribution in [3.8, 4) is 0 Å². The van der Waals surface area contributed by atoms with Gasteiger partial charge in [0.15, 0.2) is 5.82 Å². The summed E-state index contributed by atoms with van der Waals surface area (Å²) in [6, 6.07) is 8.28. The summed E-state index contributed by atoms with van der Waals surface area (Å²) in [6.07, 6.45) is 6.36. The summed E-state index contributed by atoms with van der Waals surface area (Å²) in [5.74, 6) is 0.650. The molecule has 7 heteroatoms. The highest BCUT2D eigenvalue weighted by molar-refractivity contribution is 7.89. The number of benzene rings is 1. The Kier molecular flexibility index (Phi) is 4.93. The van der Waals surface area contributed by atoms with Crippen LogP contribution in [0.2, 0.25) is 0 Å². The van der Waals surface area contributed by atoms with Crippen LogP contribution in [0.3, 0.4) is 0 Å². The van der Waals surface area contributed by atoms with E-state index >= 15 is 0 Å². The Morgan fingerprint density at radius 1 is 1.17 bits per heavy atom. The second-order valence-electron chi connectivity index (χ2n) is 6.09. The van der Waals surface area contributed by atoms with Gasteiger partial charge >= 0.3 is 0 Å². The maximum Gasteiger partial charge on any atom is 0.240 e. The largest absolute Gasteiger partial charge is 0.367 e. The van der Waals surface area contributed by atoms with Gasteiger partial charge in [-0.15, -0.1) is 0 Å². The Balaban J connectivity index is 1.66. The minimum atomic E-state index is -3.53. The topological polar surface area (TPSA) is 81.2 Å². The van der Waals surface area contributed by atoms with Crippen LogP contribution in [0, 0.1) is 0 Å². The highest BCUT2D eigenvalue weighted by Crippen LogP contribution is 2.32. The Morgan fingerprint density at radius 2 is 1.88 bits per heavy atom. The second-order valence-corrected chi connectivity index (χ2v) is 7.86. The van der Waals surface area contributed by atoms with E-state index in [-0.39, 0.29) is 11.4 Å². The third kappa shape index (κ3) is 3.80. The number of hydrogen-bond acceptors (Lipinski definition) is 5. The van der Waals surface area contributed by atoms with Gasteiger partial charge in [-0.25, -0.2) is 23.1 Å². The van der Waals surface area contributed by atoms with Gasteiger partial charge in [-0.2, -0.15) is 0 Å². The van der Waals surface area contributed by atoms with Gasteiger partial charge in [0, 0.05) is 31.1 Å². The van der Waals surface area contributed by atoms with Gasteiger partial charge in [0.1, 0.15) is 5.60 Å². The summed E-state index contributed by atoms with van der Waals surface area (Å²) in [7, 11) is -3.53. The zero-order chi connectivity index (χ0) is 17.0. The average Bonchev–Trinajstić information content (AvgIpc) is 2.62. The third-order valence-electron chi connectivity index (χ3n) is 4.17. The van der Waals surface area contributed by atoms with Crippen LogP contribution in [0.1, 0.15) is 37.6 Å². The van der Waals surface area contributed by atoms with Crippen molar-refractivity contribution in [2.24, 2.45) is 0 Å². The molecule has 2 aromatic rings. The van der Waals surface area contributed by atoms with Crippen molar-refractivity contribution < 1.29 is 13.2 Å². The first-order valence-corrected chi connectivity index (χ1v) is 9.48. The molecule has 24 heavy (non-hydrogen) atoms. The molecular weight excluding hydrogens is 326 g/mol. The van der Waals surface area contributed by atoms with Crippen LogP contribution >= 0.6 is 0 Å². The molecule has 3 rings (SSSR count). The number of nitrogens with one attached hydrogen (secondary N) is 1. The smallest absolute Gasteiger partial charge is 0.240 e. The minimum absolute atomic E-state index is 0.148. The molecule has 1 fully saturated rings. The number of ether oxygens (including phenoxy) is 1. The monoisotopic (exact) mass is 347 g/mol. The van der Waals surface area contributed by atoms with E-state index < -0.39 is 15.6 Å². The molecule has 0 bridgehead atoms. The van der Waals surface area contributed by atoms with Crippen LogP contribution in [0.15, 0.2) is 47.6 Å². The van der Waals surface area contributed by atoms with Crippen molar-refractivity contribution in [3.63, 3.8) is 0 Å². The van der Waals surface area contributed by atoms with Crippen molar-refractivity contribution >= 4 is 10.0 Å². The van der Waals surface area contributed by atoms with Crippen LogP contribution < -0.4 is 4.72 Å². The first-order valence-electron chi connectivity index (χ1n) is 8.00. The fourth-order valence-corrected chi connectivity index (χ4v) is 3.73. The number of sulfonamides is 1. The molecule has 1 aliphatic heterocycles. The zero-order valence-electron chi connectivity index (χ0n) is 13.6. The van der Waals surface area contributed by atoms with E-state index in [9.17, 15) is 8.42 Å². The van der Waals surface area contributed by atoms with E-state index in [0.717, 1.165) is 25.9 Å². The average molecular weight is 347 g/mol. The van der Waals surface area contributed by atoms with Crippen molar-refractivity contribution in [2.75, 3.05) is 6.61 Å². The molecule has 0 amide bonds. The lowest BCUT2D eigenvalue weighted by Crippen LogP contribution is -2.32. The maximum absolute atomic E-state index is 12.2. The quantitative estimate of drug-likeness (QED) is 0.898. The summed E-state index contributed by atoms with van der Waals surface area (Å²) in [5.41, 5.74) is 0.262. The fourth-order valence-electron chi connectivity index (χ4n) is 2.69. The van der Waals surface area contributed by atoms with Gasteiger partial charge in [-0.3, -0.25) is 0 Å². The first-order chi connectivity index (χ1) is 11.5. The third-order valence-corrected chi connectivity index (χ3v) is 5.58. The van der Waals surface area contributed by atoms with Crippen molar-refractivity contribution in [1.29, 1.82) is 0 Å². The van der Waals surface area contributed by atoms with Crippen LogP contribution in [0.25, 0.3) is 0 Å². The molecule has 1 N–H and O–H groups in total. The van der Waals surface area contributed by atoms with E-state index in [1.165, 1.54) is 0 Å². The molecule has 128 valence electrons. The molecule has 6 nitrogen and oxygen atoms in total. The van der Waals surface area contributed by atoms with Crippen molar-refractivity contribution in [2.45, 2.75) is 43.2 Å². The Bertz CT molecular complexity index is 770. The van der Waals surface area contributed by atoms with E-state index in [0.29, 0.717) is 11.4 Å². The van der Waals surface area contributed by atoms with Gasteiger partial charge in [0.05, 0.1) is 4.90 Å². The molecule has 1 unspecified atom stereocenters. The predicted octanol–water partition coefficient (Wildman–Crippen LogP) is 2.37. The van der Waals surface area contributed by atoms with Gasteiger partial charge < -0.3 is 4.74 Å². The van der Waals surface area contributed by atoms with E-state index in [4.69, 9.17) is 4.74 Å². The maximum atomic E-state index is 12.2. The second kappa shape index (κ2) is 6.96. The van der Waals surface area contributed by atoms with Crippen molar-refractivity contribution in [1.82, 2.24) is 14.7 Å². The number of hydrogen-bond donors (Lipinski definition) is 1. The SMILES string of the molecule is CC1(c2ncc(CNS(=O)(=O)c3ccccc3)cn2)CCCCO1. The Labute approximate surface area is 142 Å². The molecule has 1 aliphatic rings. The molecule has 0 aliphatic carbocycles. The highest BCUT2D eigenvalue weighted by Gasteiger charge is 2.32. The van der Waals surface area contributed by atoms with E-state index in [2.05, 4.69) is 14.7 Å². The van der Waals surface area contributed by atoms with Gasteiger partial charge in [0.25, 0.3) is 0 Å². The lowest BCUT2D eigenvalue weighted by atomic mass is 9.95. The summed E-state index contributed by atoms with van der Waals surface area (Å²) < 4.78 is 32.8. The molecular formula is C17H21N3O3S. The Hall–Kier alpha value is -1.83. The summed E-state index contributed by atoms with van der Waals surface area (Å²) in [4.78, 5) is 8.99. The summed E-state index contributed by atoms with van der Waals surface area (Å²) in [6.45, 7) is 2.87. The van der Waals surface area contributed by atoms with Gasteiger partial charge in [-0.05, 0) is 38.3 Å². The van der Waals surface area contributed by atoms with E-state index in [1.54, 1.807) is 42.7 Å². The lowest BCUT2D eigenvalue weighted by Gasteiger charge is -2.32. The standard InChI is InChI=1S/C17H21N3O3S/c1-17(9-5-6-10-23-17)16-18-11-14(12-19-16)13-20-24(21,22)15-7-3-2-4-8-15/h2-4,7-8,11-12,20H,5-6,9-10,13H2,1H3. The molecule has 0 spiro atoms. The molecule has 1 atom stereocenters. The number of nitrogens with zero attached hydrogens (tertiary/aromatic N) is 2. The predicted molar refractivity (Wildman–Crippen MR) is 89.7 cm³/mol. The van der Waals surface area contributed by atoms with Gasteiger partial charge in [0.2, 0.25) is 10.0 Å². The molecule has 1 aromatic carbocycles. The lowest BCUT2D eigenvalue weighted by molar-refractivity contribution is -0.0760. The van der Waals surface area contributed by atoms with Crippen LogP contribution in [-0.4, -0.2) is 25.0 Å². The first kappa shape index (κ1) is 17.0. The highest BCUT2D eigenvalue weighted by atomic mass is 32.2. The zero-order valence-corrected chi connectivity index (χ0v) is 14.4. The van der Waals surface area contributed by atoms with Crippen LogP contribution in [0.5, 0.6) is 0 Å². The van der Waals surface area contributed by atoms with Crippen LogP contribution in [0.4, 0.5) is 0 Å². The molecule has 0 saturated carbocycles. The van der Waals surface area contributed by atoms with Gasteiger partial charge in [-0.1, -0.05) is 18.2 Å². The minimum Gasteiger partial charge on any atom is -0.367 e. The molecule has 2 heterocycles. The molecule has 1 aromatic heterocycles. The molecule has 0 radical (unpaired) electrons. The fraction of sp³-hybridized carbons (Fsp3) is 0.412. The molecule has 1 saturated heterocycles. The van der Waals surface area contributed by atoms with E-state index in [1.807, 2.05) is 6.92 Å². The normalized spacial score (nSPS) is 21.5.